The summed E-state index contributed by atoms with van der Waals surface area (Å²) in [4.78, 5) is 11.1. The fourth-order valence-corrected chi connectivity index (χ4v) is 1.46. The van der Waals surface area contributed by atoms with Crippen LogP contribution in [0.25, 0.3) is 0 Å². The second kappa shape index (κ2) is 5.51. The molecular formula is C12H17NO2. The zero-order valence-electron chi connectivity index (χ0n) is 9.19. The monoisotopic (exact) mass is 207 g/mol. The van der Waals surface area contributed by atoms with Gasteiger partial charge in [-0.15, -0.1) is 0 Å². The van der Waals surface area contributed by atoms with Gasteiger partial charge < -0.3 is 10.5 Å². The second-order valence-electron chi connectivity index (χ2n) is 3.62. The van der Waals surface area contributed by atoms with E-state index in [1.54, 1.807) is 0 Å². The fourth-order valence-electron chi connectivity index (χ4n) is 1.46. The van der Waals surface area contributed by atoms with E-state index in [9.17, 15) is 4.79 Å². The Hall–Kier alpha value is -1.35. The van der Waals surface area contributed by atoms with Crippen LogP contribution in [0, 0.1) is 6.92 Å². The molecule has 0 aliphatic heterocycles. The van der Waals surface area contributed by atoms with Crippen LogP contribution >= 0.6 is 0 Å². The fraction of sp³-hybridized carbons (Fsp3) is 0.417. The molecule has 0 radical (unpaired) electrons. The summed E-state index contributed by atoms with van der Waals surface area (Å²) in [6.45, 7) is 2.49. The van der Waals surface area contributed by atoms with Crippen LogP contribution in [0.3, 0.4) is 0 Å². The van der Waals surface area contributed by atoms with Gasteiger partial charge in [0, 0.05) is 5.92 Å². The Balaban J connectivity index is 2.74. The zero-order valence-corrected chi connectivity index (χ0v) is 9.19. The SMILES string of the molecule is COC(=O)CC(CN)c1ccc(C)cc1. The molecule has 15 heavy (non-hydrogen) atoms. The highest BCUT2D eigenvalue weighted by Crippen LogP contribution is 2.19. The van der Waals surface area contributed by atoms with Gasteiger partial charge in [0.25, 0.3) is 0 Å². The van der Waals surface area contributed by atoms with E-state index in [4.69, 9.17) is 5.73 Å². The van der Waals surface area contributed by atoms with Crippen LogP contribution in [0.2, 0.25) is 0 Å². The summed E-state index contributed by atoms with van der Waals surface area (Å²) in [6, 6.07) is 8.07. The van der Waals surface area contributed by atoms with Gasteiger partial charge >= 0.3 is 5.97 Å². The van der Waals surface area contributed by atoms with Gasteiger partial charge in [-0.1, -0.05) is 29.8 Å². The average Bonchev–Trinajstić information content (AvgIpc) is 2.27. The van der Waals surface area contributed by atoms with Crippen molar-refractivity contribution in [1.82, 2.24) is 0 Å². The third-order valence-corrected chi connectivity index (χ3v) is 2.47. The molecule has 3 heteroatoms. The van der Waals surface area contributed by atoms with Crippen LogP contribution in [-0.4, -0.2) is 19.6 Å². The Morgan fingerprint density at radius 2 is 2.00 bits per heavy atom. The number of esters is 1. The molecule has 0 aliphatic carbocycles. The summed E-state index contributed by atoms with van der Waals surface area (Å²) < 4.78 is 4.63. The van der Waals surface area contributed by atoms with E-state index in [0.717, 1.165) is 5.56 Å². The molecule has 1 rings (SSSR count). The zero-order chi connectivity index (χ0) is 11.3. The molecule has 1 atom stereocenters. The van der Waals surface area contributed by atoms with E-state index in [1.807, 2.05) is 31.2 Å². The van der Waals surface area contributed by atoms with Crippen molar-refractivity contribution in [2.45, 2.75) is 19.3 Å². The highest BCUT2D eigenvalue weighted by molar-refractivity contribution is 5.70. The topological polar surface area (TPSA) is 52.3 Å². The quantitative estimate of drug-likeness (QED) is 0.763. The Morgan fingerprint density at radius 1 is 1.40 bits per heavy atom. The molecule has 0 amide bonds. The van der Waals surface area contributed by atoms with Gasteiger partial charge in [-0.2, -0.15) is 0 Å². The number of hydrogen-bond acceptors (Lipinski definition) is 3. The Bertz CT molecular complexity index is 319. The highest BCUT2D eigenvalue weighted by Gasteiger charge is 2.14. The van der Waals surface area contributed by atoms with E-state index < -0.39 is 0 Å². The third kappa shape index (κ3) is 3.36. The predicted octanol–water partition coefficient (Wildman–Crippen LogP) is 1.60. The summed E-state index contributed by atoms with van der Waals surface area (Å²) >= 11 is 0. The minimum absolute atomic E-state index is 0.0537. The minimum atomic E-state index is -0.217. The molecular weight excluding hydrogens is 190 g/mol. The van der Waals surface area contributed by atoms with Crippen molar-refractivity contribution in [3.05, 3.63) is 35.4 Å². The summed E-state index contributed by atoms with van der Waals surface area (Å²) in [6.07, 6.45) is 0.343. The molecule has 0 aliphatic rings. The number of ether oxygens (including phenoxy) is 1. The highest BCUT2D eigenvalue weighted by atomic mass is 16.5. The number of aryl methyl sites for hydroxylation is 1. The largest absolute Gasteiger partial charge is 0.469 e. The number of methoxy groups -OCH3 is 1. The number of hydrogen-bond donors (Lipinski definition) is 1. The lowest BCUT2D eigenvalue weighted by atomic mass is 9.95. The first-order valence-corrected chi connectivity index (χ1v) is 5.00. The van der Waals surface area contributed by atoms with Gasteiger partial charge in [-0.3, -0.25) is 4.79 Å². The molecule has 0 spiro atoms. The normalized spacial score (nSPS) is 12.2. The van der Waals surface area contributed by atoms with Crippen LogP contribution in [0.15, 0.2) is 24.3 Å². The van der Waals surface area contributed by atoms with Crippen molar-refractivity contribution in [3.63, 3.8) is 0 Å². The van der Waals surface area contributed by atoms with Crippen molar-refractivity contribution >= 4 is 5.97 Å². The molecule has 0 saturated heterocycles. The first kappa shape index (κ1) is 11.7. The Labute approximate surface area is 90.2 Å². The van der Waals surface area contributed by atoms with Gasteiger partial charge in [0.1, 0.15) is 0 Å². The van der Waals surface area contributed by atoms with Crippen LogP contribution in [0.4, 0.5) is 0 Å². The maximum absolute atomic E-state index is 11.1. The minimum Gasteiger partial charge on any atom is -0.469 e. The number of rotatable bonds is 4. The lowest BCUT2D eigenvalue weighted by Crippen LogP contribution is -2.17. The number of carbonyl (C=O) groups excluding carboxylic acids is 1. The maximum atomic E-state index is 11.1. The molecule has 0 fully saturated rings. The molecule has 82 valence electrons. The number of benzene rings is 1. The van der Waals surface area contributed by atoms with Gasteiger partial charge in [0.05, 0.1) is 13.5 Å². The third-order valence-electron chi connectivity index (χ3n) is 2.47. The van der Waals surface area contributed by atoms with Crippen LogP contribution in [-0.2, 0) is 9.53 Å². The van der Waals surface area contributed by atoms with E-state index in [2.05, 4.69) is 4.74 Å². The van der Waals surface area contributed by atoms with E-state index in [0.29, 0.717) is 13.0 Å². The first-order chi connectivity index (χ1) is 7.17. The van der Waals surface area contributed by atoms with Crippen LogP contribution < -0.4 is 5.73 Å². The molecule has 3 nitrogen and oxygen atoms in total. The summed E-state index contributed by atoms with van der Waals surface area (Å²) in [7, 11) is 1.39. The molecule has 1 aromatic carbocycles. The summed E-state index contributed by atoms with van der Waals surface area (Å²) in [5.74, 6) is -0.163. The van der Waals surface area contributed by atoms with Crippen molar-refractivity contribution in [2.24, 2.45) is 5.73 Å². The van der Waals surface area contributed by atoms with Gasteiger partial charge in [0.15, 0.2) is 0 Å². The summed E-state index contributed by atoms with van der Waals surface area (Å²) in [5.41, 5.74) is 7.93. The van der Waals surface area contributed by atoms with Crippen LogP contribution in [0.1, 0.15) is 23.5 Å². The number of nitrogens with two attached hydrogens (primary N) is 1. The standard InChI is InChI=1S/C12H17NO2/c1-9-3-5-10(6-4-9)11(8-13)7-12(14)15-2/h3-6,11H,7-8,13H2,1-2H3. The molecule has 0 bridgehead atoms. The maximum Gasteiger partial charge on any atom is 0.306 e. The molecule has 0 heterocycles. The van der Waals surface area contributed by atoms with E-state index >= 15 is 0 Å². The van der Waals surface area contributed by atoms with Crippen molar-refractivity contribution in [2.75, 3.05) is 13.7 Å². The van der Waals surface area contributed by atoms with E-state index in [1.165, 1.54) is 12.7 Å². The predicted molar refractivity (Wildman–Crippen MR) is 59.6 cm³/mol. The van der Waals surface area contributed by atoms with Crippen molar-refractivity contribution < 1.29 is 9.53 Å². The van der Waals surface area contributed by atoms with Crippen molar-refractivity contribution in [1.29, 1.82) is 0 Å². The lowest BCUT2D eigenvalue weighted by Gasteiger charge is -2.13. The van der Waals surface area contributed by atoms with Gasteiger partial charge in [-0.25, -0.2) is 0 Å². The van der Waals surface area contributed by atoms with Crippen molar-refractivity contribution in [3.8, 4) is 0 Å². The summed E-state index contributed by atoms with van der Waals surface area (Å²) in [5, 5.41) is 0. The Morgan fingerprint density at radius 3 is 2.47 bits per heavy atom. The second-order valence-corrected chi connectivity index (χ2v) is 3.62. The van der Waals surface area contributed by atoms with Crippen LogP contribution in [0.5, 0.6) is 0 Å². The Kier molecular flexibility index (Phi) is 4.31. The lowest BCUT2D eigenvalue weighted by molar-refractivity contribution is -0.141. The molecule has 1 aromatic rings. The molecule has 2 N–H and O–H groups in total. The first-order valence-electron chi connectivity index (χ1n) is 5.00. The molecule has 0 aromatic heterocycles. The molecule has 1 unspecified atom stereocenters. The average molecular weight is 207 g/mol. The molecule has 0 saturated carbocycles. The van der Waals surface area contributed by atoms with Gasteiger partial charge in [0.2, 0.25) is 0 Å². The number of carbonyl (C=O) groups is 1. The van der Waals surface area contributed by atoms with E-state index in [-0.39, 0.29) is 11.9 Å². The van der Waals surface area contributed by atoms with Gasteiger partial charge in [-0.05, 0) is 19.0 Å². The smallest absolute Gasteiger partial charge is 0.306 e.